The molecule has 0 aliphatic rings. The maximum absolute atomic E-state index is 13.5. The molecule has 6 nitrogen and oxygen atoms in total. The number of hydrogen-bond donors (Lipinski definition) is 2. The SMILES string of the molecule is CCOC(=O)[C@@](NC(=O)Nc1ccccc1F)(OCC)C(F)(F)F. The van der Waals surface area contributed by atoms with Crippen molar-refractivity contribution >= 4 is 17.7 Å². The van der Waals surface area contributed by atoms with Gasteiger partial charge in [-0.05, 0) is 26.0 Å². The van der Waals surface area contributed by atoms with Gasteiger partial charge < -0.3 is 14.8 Å². The number of carbonyl (C=O) groups is 2. The number of ether oxygens (including phenoxy) is 2. The summed E-state index contributed by atoms with van der Waals surface area (Å²) in [6.07, 6.45) is -5.30. The lowest BCUT2D eigenvalue weighted by atomic mass is 10.2. The quantitative estimate of drug-likeness (QED) is 0.469. The van der Waals surface area contributed by atoms with Gasteiger partial charge in [0, 0.05) is 6.61 Å². The van der Waals surface area contributed by atoms with Crippen molar-refractivity contribution in [1.82, 2.24) is 5.32 Å². The molecule has 0 aliphatic carbocycles. The molecule has 1 atom stereocenters. The van der Waals surface area contributed by atoms with Crippen LogP contribution in [0.25, 0.3) is 0 Å². The average molecular weight is 352 g/mol. The van der Waals surface area contributed by atoms with E-state index < -0.39 is 36.3 Å². The summed E-state index contributed by atoms with van der Waals surface area (Å²) in [6, 6.07) is 3.34. The minimum absolute atomic E-state index is 0.361. The van der Waals surface area contributed by atoms with Crippen molar-refractivity contribution in [2.24, 2.45) is 0 Å². The third-order valence-electron chi connectivity index (χ3n) is 2.73. The molecule has 10 heteroatoms. The van der Waals surface area contributed by atoms with Crippen LogP contribution in [0.1, 0.15) is 13.8 Å². The van der Waals surface area contributed by atoms with E-state index in [1.807, 2.05) is 5.32 Å². The highest BCUT2D eigenvalue weighted by atomic mass is 19.4. The number of alkyl halides is 3. The third kappa shape index (κ3) is 4.34. The molecular weight excluding hydrogens is 336 g/mol. The van der Waals surface area contributed by atoms with Gasteiger partial charge in [0.1, 0.15) is 5.82 Å². The molecular formula is C14H16F4N2O4. The molecule has 1 aromatic rings. The Labute approximate surface area is 135 Å². The van der Waals surface area contributed by atoms with E-state index in [-0.39, 0.29) is 12.3 Å². The van der Waals surface area contributed by atoms with Gasteiger partial charge in [-0.25, -0.2) is 14.0 Å². The van der Waals surface area contributed by atoms with Gasteiger partial charge in [-0.2, -0.15) is 13.2 Å². The molecule has 0 aliphatic heterocycles. The molecule has 1 rings (SSSR count). The standard InChI is InChI=1S/C14H16F4N2O4/c1-3-23-11(21)13(24-4-2,14(16,17)18)20-12(22)19-10-8-6-5-7-9(10)15/h5-8H,3-4H2,1-2H3,(H2,19,20,22)/t13-/m1/s1. The minimum Gasteiger partial charge on any atom is -0.462 e. The first-order valence-corrected chi connectivity index (χ1v) is 6.89. The summed E-state index contributed by atoms with van der Waals surface area (Å²) in [5.74, 6) is -2.69. The maximum Gasteiger partial charge on any atom is 0.448 e. The van der Waals surface area contributed by atoms with Gasteiger partial charge >= 0.3 is 23.9 Å². The molecule has 0 saturated carbocycles. The lowest BCUT2D eigenvalue weighted by Gasteiger charge is -2.33. The van der Waals surface area contributed by atoms with Crippen molar-refractivity contribution < 1.29 is 36.6 Å². The Bertz CT molecular complexity index is 594. The van der Waals surface area contributed by atoms with Crippen LogP contribution < -0.4 is 10.6 Å². The topological polar surface area (TPSA) is 76.7 Å². The second-order valence-corrected chi connectivity index (χ2v) is 4.39. The molecule has 0 radical (unpaired) electrons. The number of amides is 2. The van der Waals surface area contributed by atoms with E-state index in [0.29, 0.717) is 0 Å². The molecule has 2 N–H and O–H groups in total. The predicted octanol–water partition coefficient (Wildman–Crippen LogP) is 2.81. The summed E-state index contributed by atoms with van der Waals surface area (Å²) in [5, 5.41) is 3.27. The molecule has 0 aromatic heterocycles. The largest absolute Gasteiger partial charge is 0.462 e. The van der Waals surface area contributed by atoms with Crippen molar-refractivity contribution in [3.05, 3.63) is 30.1 Å². The summed E-state index contributed by atoms with van der Waals surface area (Å²) in [4.78, 5) is 23.6. The number of hydrogen-bond acceptors (Lipinski definition) is 4. The number of para-hydroxylation sites is 1. The number of halogens is 4. The Kier molecular flexibility index (Phi) is 6.52. The summed E-state index contributed by atoms with van der Waals surface area (Å²) in [7, 11) is 0. The number of urea groups is 1. The monoisotopic (exact) mass is 352 g/mol. The van der Waals surface area contributed by atoms with E-state index >= 15 is 0 Å². The number of rotatable bonds is 6. The second kappa shape index (κ2) is 7.95. The fourth-order valence-electron chi connectivity index (χ4n) is 1.74. The van der Waals surface area contributed by atoms with Crippen LogP contribution in [0.2, 0.25) is 0 Å². The number of carbonyl (C=O) groups excluding carboxylic acids is 2. The molecule has 2 amide bonds. The van der Waals surface area contributed by atoms with Crippen LogP contribution in [-0.4, -0.2) is 37.1 Å². The summed E-state index contributed by atoms with van der Waals surface area (Å²) < 4.78 is 62.4. The highest BCUT2D eigenvalue weighted by Gasteiger charge is 2.64. The lowest BCUT2D eigenvalue weighted by Crippen LogP contribution is -2.67. The second-order valence-electron chi connectivity index (χ2n) is 4.39. The zero-order valence-corrected chi connectivity index (χ0v) is 12.9. The molecule has 0 heterocycles. The number of anilines is 1. The molecule has 0 saturated heterocycles. The van der Waals surface area contributed by atoms with E-state index in [1.165, 1.54) is 31.3 Å². The zero-order valence-electron chi connectivity index (χ0n) is 12.9. The van der Waals surface area contributed by atoms with Crippen molar-refractivity contribution in [3.8, 4) is 0 Å². The number of nitrogens with one attached hydrogen (secondary N) is 2. The van der Waals surface area contributed by atoms with Crippen LogP contribution in [0, 0.1) is 5.82 Å². The fraction of sp³-hybridized carbons (Fsp3) is 0.429. The van der Waals surface area contributed by atoms with Crippen LogP contribution >= 0.6 is 0 Å². The van der Waals surface area contributed by atoms with E-state index in [0.717, 1.165) is 12.1 Å². The highest BCUT2D eigenvalue weighted by molar-refractivity contribution is 5.94. The van der Waals surface area contributed by atoms with Crippen molar-refractivity contribution in [2.75, 3.05) is 18.5 Å². The van der Waals surface area contributed by atoms with Gasteiger partial charge in [-0.15, -0.1) is 0 Å². The summed E-state index contributed by atoms with van der Waals surface area (Å²) in [5.41, 5.74) is -4.07. The molecule has 24 heavy (non-hydrogen) atoms. The van der Waals surface area contributed by atoms with Crippen LogP contribution in [0.5, 0.6) is 0 Å². The van der Waals surface area contributed by atoms with E-state index in [4.69, 9.17) is 0 Å². The molecule has 0 spiro atoms. The van der Waals surface area contributed by atoms with Crippen molar-refractivity contribution in [3.63, 3.8) is 0 Å². The smallest absolute Gasteiger partial charge is 0.448 e. The summed E-state index contributed by atoms with van der Waals surface area (Å²) in [6.45, 7) is 1.60. The first kappa shape index (κ1) is 19.7. The third-order valence-corrected chi connectivity index (χ3v) is 2.73. The van der Waals surface area contributed by atoms with Gasteiger partial charge in [-0.1, -0.05) is 12.1 Å². The van der Waals surface area contributed by atoms with Crippen molar-refractivity contribution in [1.29, 1.82) is 0 Å². The van der Waals surface area contributed by atoms with Gasteiger partial charge in [0.25, 0.3) is 0 Å². The number of esters is 1. The molecule has 1 aromatic carbocycles. The normalized spacial score (nSPS) is 13.8. The molecule has 134 valence electrons. The van der Waals surface area contributed by atoms with Gasteiger partial charge in [-0.3, -0.25) is 5.32 Å². The van der Waals surface area contributed by atoms with Crippen LogP contribution in [0.4, 0.5) is 28.0 Å². The molecule has 0 unspecified atom stereocenters. The van der Waals surface area contributed by atoms with Crippen molar-refractivity contribution in [2.45, 2.75) is 25.7 Å². The van der Waals surface area contributed by atoms with Gasteiger partial charge in [0.2, 0.25) is 0 Å². The van der Waals surface area contributed by atoms with E-state index in [1.54, 1.807) is 0 Å². The first-order chi connectivity index (χ1) is 11.2. The Hall–Kier alpha value is -2.36. The molecule has 0 bridgehead atoms. The maximum atomic E-state index is 13.5. The van der Waals surface area contributed by atoms with Crippen LogP contribution in [0.15, 0.2) is 24.3 Å². The Morgan fingerprint density at radius 1 is 1.12 bits per heavy atom. The summed E-state index contributed by atoms with van der Waals surface area (Å²) >= 11 is 0. The zero-order chi connectivity index (χ0) is 18.4. The lowest BCUT2D eigenvalue weighted by molar-refractivity contribution is -0.282. The van der Waals surface area contributed by atoms with Crippen LogP contribution in [-0.2, 0) is 14.3 Å². The number of benzene rings is 1. The Morgan fingerprint density at radius 2 is 1.75 bits per heavy atom. The fourth-order valence-corrected chi connectivity index (χ4v) is 1.74. The highest BCUT2D eigenvalue weighted by Crippen LogP contribution is 2.33. The minimum atomic E-state index is -5.30. The Balaban J connectivity index is 3.09. The average Bonchev–Trinajstić information content (AvgIpc) is 2.48. The van der Waals surface area contributed by atoms with Gasteiger partial charge in [0.15, 0.2) is 0 Å². The van der Waals surface area contributed by atoms with E-state index in [2.05, 4.69) is 9.47 Å². The van der Waals surface area contributed by atoms with E-state index in [9.17, 15) is 27.2 Å². The van der Waals surface area contributed by atoms with Crippen LogP contribution in [0.3, 0.4) is 0 Å². The molecule has 0 fully saturated rings. The predicted molar refractivity (Wildman–Crippen MR) is 75.6 cm³/mol. The first-order valence-electron chi connectivity index (χ1n) is 6.89. The Morgan fingerprint density at radius 3 is 2.25 bits per heavy atom. The van der Waals surface area contributed by atoms with Gasteiger partial charge in [0.05, 0.1) is 12.3 Å².